The van der Waals surface area contributed by atoms with Gasteiger partial charge in [0, 0.05) is 25.1 Å². The first-order chi connectivity index (χ1) is 6.57. The Morgan fingerprint density at radius 3 is 2.43 bits per heavy atom. The maximum atomic E-state index is 5.22. The summed E-state index contributed by atoms with van der Waals surface area (Å²) in [4.78, 5) is 0. The molecule has 0 radical (unpaired) electrons. The molecule has 0 aromatic rings. The van der Waals surface area contributed by atoms with Crippen molar-refractivity contribution in [3.05, 3.63) is 0 Å². The topological polar surface area (TPSA) is 30.5 Å². The zero-order valence-corrected chi connectivity index (χ0v) is 9.80. The number of hydrogen-bond acceptors (Lipinski definition) is 3. The Labute approximate surface area is 87.2 Å². The molecule has 1 atom stereocenters. The van der Waals surface area contributed by atoms with Crippen LogP contribution in [0.25, 0.3) is 0 Å². The lowest BCUT2D eigenvalue weighted by Crippen LogP contribution is -2.51. The summed E-state index contributed by atoms with van der Waals surface area (Å²) >= 11 is 0. The second kappa shape index (κ2) is 5.10. The summed E-state index contributed by atoms with van der Waals surface area (Å²) in [5, 5.41) is 3.56. The van der Waals surface area contributed by atoms with Gasteiger partial charge in [0.25, 0.3) is 0 Å². The molecule has 1 saturated heterocycles. The quantitative estimate of drug-likeness (QED) is 0.702. The van der Waals surface area contributed by atoms with Gasteiger partial charge in [-0.2, -0.15) is 0 Å². The first kappa shape index (κ1) is 12.0. The Balaban J connectivity index is 2.25. The summed E-state index contributed by atoms with van der Waals surface area (Å²) in [7, 11) is 1.76. The van der Waals surface area contributed by atoms with Crippen molar-refractivity contribution in [3.63, 3.8) is 0 Å². The molecule has 0 saturated carbocycles. The van der Waals surface area contributed by atoms with Crippen LogP contribution in [0.3, 0.4) is 0 Å². The molecule has 0 aliphatic carbocycles. The summed E-state index contributed by atoms with van der Waals surface area (Å²) in [6, 6.07) is 0.456. The van der Waals surface area contributed by atoms with E-state index in [2.05, 4.69) is 26.1 Å². The maximum Gasteiger partial charge on any atom is 0.0618 e. The zero-order valence-electron chi connectivity index (χ0n) is 9.80. The van der Waals surface area contributed by atoms with Gasteiger partial charge in [0.1, 0.15) is 0 Å². The lowest BCUT2D eigenvalue weighted by atomic mass is 9.88. The van der Waals surface area contributed by atoms with Crippen LogP contribution in [0.2, 0.25) is 0 Å². The molecular weight excluding hydrogens is 178 g/mol. The highest BCUT2D eigenvalue weighted by molar-refractivity contribution is 4.85. The minimum absolute atomic E-state index is 0.348. The highest BCUT2D eigenvalue weighted by Crippen LogP contribution is 2.25. The van der Waals surface area contributed by atoms with Crippen LogP contribution in [0.15, 0.2) is 0 Å². The van der Waals surface area contributed by atoms with E-state index in [1.54, 1.807) is 7.11 Å². The van der Waals surface area contributed by atoms with Crippen LogP contribution in [-0.2, 0) is 9.47 Å². The SMILES string of the molecule is COCC(NCC1(C)COC1)C(C)C. The van der Waals surface area contributed by atoms with Crippen molar-refractivity contribution < 1.29 is 9.47 Å². The van der Waals surface area contributed by atoms with Crippen LogP contribution in [0.4, 0.5) is 0 Å². The van der Waals surface area contributed by atoms with Gasteiger partial charge in [-0.25, -0.2) is 0 Å². The number of methoxy groups -OCH3 is 1. The molecule has 1 fully saturated rings. The van der Waals surface area contributed by atoms with Gasteiger partial charge in [0.2, 0.25) is 0 Å². The van der Waals surface area contributed by atoms with E-state index in [4.69, 9.17) is 9.47 Å². The molecule has 0 bridgehead atoms. The summed E-state index contributed by atoms with van der Waals surface area (Å²) in [6.45, 7) is 10.3. The van der Waals surface area contributed by atoms with Gasteiger partial charge in [-0.05, 0) is 5.92 Å². The number of nitrogens with one attached hydrogen (secondary N) is 1. The fourth-order valence-corrected chi connectivity index (χ4v) is 1.60. The van der Waals surface area contributed by atoms with Gasteiger partial charge in [0.15, 0.2) is 0 Å². The minimum Gasteiger partial charge on any atom is -0.383 e. The molecule has 0 spiro atoms. The van der Waals surface area contributed by atoms with Crippen LogP contribution in [-0.4, -0.2) is 39.5 Å². The Kier molecular flexibility index (Phi) is 4.35. The second-order valence-electron chi connectivity index (χ2n) is 4.99. The van der Waals surface area contributed by atoms with E-state index in [1.807, 2.05) is 0 Å². The Morgan fingerprint density at radius 2 is 2.07 bits per heavy atom. The van der Waals surface area contributed by atoms with Crippen molar-refractivity contribution in [2.24, 2.45) is 11.3 Å². The highest BCUT2D eigenvalue weighted by Gasteiger charge is 2.33. The van der Waals surface area contributed by atoms with Gasteiger partial charge < -0.3 is 14.8 Å². The third-order valence-electron chi connectivity index (χ3n) is 2.84. The fourth-order valence-electron chi connectivity index (χ4n) is 1.60. The van der Waals surface area contributed by atoms with Gasteiger partial charge in [-0.1, -0.05) is 20.8 Å². The predicted molar refractivity (Wildman–Crippen MR) is 57.4 cm³/mol. The number of hydrogen-bond donors (Lipinski definition) is 1. The highest BCUT2D eigenvalue weighted by atomic mass is 16.5. The van der Waals surface area contributed by atoms with Crippen LogP contribution >= 0.6 is 0 Å². The standard InChI is InChI=1S/C11H23NO2/c1-9(2)10(5-13-4)12-6-11(3)7-14-8-11/h9-10,12H,5-8H2,1-4H3. The van der Waals surface area contributed by atoms with Crippen molar-refractivity contribution in [1.82, 2.24) is 5.32 Å². The Morgan fingerprint density at radius 1 is 1.43 bits per heavy atom. The van der Waals surface area contributed by atoms with E-state index in [1.165, 1.54) is 0 Å². The average molecular weight is 201 g/mol. The average Bonchev–Trinajstić information content (AvgIpc) is 2.08. The molecule has 1 aliphatic heterocycles. The van der Waals surface area contributed by atoms with Gasteiger partial charge in [-0.3, -0.25) is 0 Å². The van der Waals surface area contributed by atoms with Crippen LogP contribution in [0.1, 0.15) is 20.8 Å². The third kappa shape index (κ3) is 3.23. The molecule has 1 unspecified atom stereocenters. The van der Waals surface area contributed by atoms with E-state index in [0.29, 0.717) is 17.4 Å². The minimum atomic E-state index is 0.348. The third-order valence-corrected chi connectivity index (χ3v) is 2.84. The van der Waals surface area contributed by atoms with E-state index in [-0.39, 0.29) is 0 Å². The van der Waals surface area contributed by atoms with Gasteiger partial charge in [0.05, 0.1) is 19.8 Å². The summed E-state index contributed by atoms with van der Waals surface area (Å²) in [6.07, 6.45) is 0. The lowest BCUT2D eigenvalue weighted by Gasteiger charge is -2.39. The normalized spacial score (nSPS) is 22.1. The zero-order chi connectivity index (χ0) is 10.6. The van der Waals surface area contributed by atoms with Crippen LogP contribution < -0.4 is 5.32 Å². The van der Waals surface area contributed by atoms with E-state index in [9.17, 15) is 0 Å². The molecule has 0 aromatic carbocycles. The molecule has 1 heterocycles. The smallest absolute Gasteiger partial charge is 0.0618 e. The molecule has 3 heteroatoms. The molecule has 0 aromatic heterocycles. The molecule has 1 aliphatic rings. The lowest BCUT2D eigenvalue weighted by molar-refractivity contribution is -0.101. The molecule has 1 rings (SSSR count). The summed E-state index contributed by atoms with van der Waals surface area (Å²) in [5.74, 6) is 0.611. The maximum absolute atomic E-state index is 5.22. The predicted octanol–water partition coefficient (Wildman–Crippen LogP) is 1.28. The molecule has 3 nitrogen and oxygen atoms in total. The first-order valence-electron chi connectivity index (χ1n) is 5.37. The van der Waals surface area contributed by atoms with Gasteiger partial charge in [-0.15, -0.1) is 0 Å². The first-order valence-corrected chi connectivity index (χ1v) is 5.37. The van der Waals surface area contributed by atoms with Crippen molar-refractivity contribution in [2.75, 3.05) is 33.5 Å². The molecule has 14 heavy (non-hydrogen) atoms. The van der Waals surface area contributed by atoms with E-state index < -0.39 is 0 Å². The Bertz CT molecular complexity index is 167. The number of rotatable bonds is 6. The van der Waals surface area contributed by atoms with Gasteiger partial charge >= 0.3 is 0 Å². The van der Waals surface area contributed by atoms with Crippen LogP contribution in [0.5, 0.6) is 0 Å². The van der Waals surface area contributed by atoms with Crippen LogP contribution in [0, 0.1) is 11.3 Å². The van der Waals surface area contributed by atoms with E-state index in [0.717, 1.165) is 26.4 Å². The number of ether oxygens (including phenoxy) is 2. The van der Waals surface area contributed by atoms with Crippen molar-refractivity contribution in [2.45, 2.75) is 26.8 Å². The molecular formula is C11H23NO2. The summed E-state index contributed by atoms with van der Waals surface area (Å²) < 4.78 is 10.4. The monoisotopic (exact) mass is 201 g/mol. The molecule has 0 amide bonds. The fraction of sp³-hybridized carbons (Fsp3) is 1.00. The summed E-state index contributed by atoms with van der Waals surface area (Å²) in [5.41, 5.74) is 0.348. The van der Waals surface area contributed by atoms with E-state index >= 15 is 0 Å². The second-order valence-corrected chi connectivity index (χ2v) is 4.99. The van der Waals surface area contributed by atoms with Crippen molar-refractivity contribution in [3.8, 4) is 0 Å². The molecule has 1 N–H and O–H groups in total. The Hall–Kier alpha value is -0.120. The van der Waals surface area contributed by atoms with Crippen molar-refractivity contribution in [1.29, 1.82) is 0 Å². The van der Waals surface area contributed by atoms with Crippen molar-refractivity contribution >= 4 is 0 Å². The largest absolute Gasteiger partial charge is 0.383 e. The molecule has 84 valence electrons.